The molecule has 0 radical (unpaired) electrons. The van der Waals surface area contributed by atoms with E-state index in [-0.39, 0.29) is 16.4 Å². The summed E-state index contributed by atoms with van der Waals surface area (Å²) in [4.78, 5) is 12.7. The summed E-state index contributed by atoms with van der Waals surface area (Å²) < 4.78 is 28.0. The second-order valence-corrected chi connectivity index (χ2v) is 9.13. The number of nitrogens with one attached hydrogen (secondary N) is 1. The molecule has 3 aromatic carbocycles. The van der Waals surface area contributed by atoms with Gasteiger partial charge in [0.25, 0.3) is 15.9 Å². The molecule has 0 aliphatic carbocycles. The summed E-state index contributed by atoms with van der Waals surface area (Å²) in [5.74, 6) is -0.371. The predicted molar refractivity (Wildman–Crippen MR) is 115 cm³/mol. The van der Waals surface area contributed by atoms with Crippen molar-refractivity contribution >= 4 is 43.2 Å². The van der Waals surface area contributed by atoms with Crippen LogP contribution in [0.3, 0.4) is 0 Å². The Kier molecular flexibility index (Phi) is 5.86. The van der Waals surface area contributed by atoms with Gasteiger partial charge in [0, 0.05) is 22.8 Å². The van der Waals surface area contributed by atoms with Gasteiger partial charge in [0.1, 0.15) is 0 Å². The zero-order valence-corrected chi connectivity index (χ0v) is 17.8. The van der Waals surface area contributed by atoms with Crippen LogP contribution in [-0.4, -0.2) is 21.4 Å². The van der Waals surface area contributed by atoms with Crippen molar-refractivity contribution < 1.29 is 13.2 Å². The number of nitrogens with zero attached hydrogens (tertiary/aromatic N) is 1. The number of rotatable bonds is 5. The lowest BCUT2D eigenvalue weighted by Crippen LogP contribution is -2.26. The van der Waals surface area contributed by atoms with Crippen molar-refractivity contribution in [2.75, 3.05) is 16.7 Å². The van der Waals surface area contributed by atoms with E-state index in [1.807, 2.05) is 25.1 Å². The van der Waals surface area contributed by atoms with Crippen LogP contribution in [0.25, 0.3) is 0 Å². The van der Waals surface area contributed by atoms with Crippen LogP contribution in [0.1, 0.15) is 15.9 Å². The van der Waals surface area contributed by atoms with Gasteiger partial charge in [0.05, 0.1) is 10.6 Å². The molecule has 0 aromatic heterocycles. The summed E-state index contributed by atoms with van der Waals surface area (Å²) >= 11 is 3.39. The molecule has 0 spiro atoms. The van der Waals surface area contributed by atoms with Gasteiger partial charge >= 0.3 is 0 Å². The van der Waals surface area contributed by atoms with E-state index in [0.717, 1.165) is 10.0 Å². The van der Waals surface area contributed by atoms with Crippen LogP contribution in [0.4, 0.5) is 11.4 Å². The molecule has 28 heavy (non-hydrogen) atoms. The Morgan fingerprint density at radius 2 is 1.68 bits per heavy atom. The van der Waals surface area contributed by atoms with Crippen molar-refractivity contribution in [3.05, 3.63) is 88.4 Å². The first-order valence-corrected chi connectivity index (χ1v) is 10.7. The minimum Gasteiger partial charge on any atom is -0.322 e. The molecule has 3 rings (SSSR count). The van der Waals surface area contributed by atoms with Crippen molar-refractivity contribution in [2.24, 2.45) is 0 Å². The Bertz CT molecular complexity index is 1120. The standard InChI is InChI=1S/C21H19BrN2O3S/c1-15-13-17(22)11-12-20(15)23-21(25)16-7-6-10-19(14-16)28(26,27)24(2)18-8-4-3-5-9-18/h3-14H,1-2H3,(H,23,25). The number of hydrogen-bond acceptors (Lipinski definition) is 3. The molecule has 0 heterocycles. The number of amides is 1. The summed E-state index contributed by atoms with van der Waals surface area (Å²) in [6.45, 7) is 1.88. The topological polar surface area (TPSA) is 66.5 Å². The number of para-hydroxylation sites is 1. The number of benzene rings is 3. The highest BCUT2D eigenvalue weighted by atomic mass is 79.9. The zero-order chi connectivity index (χ0) is 20.3. The lowest BCUT2D eigenvalue weighted by Gasteiger charge is -2.19. The number of carbonyl (C=O) groups excluding carboxylic acids is 1. The van der Waals surface area contributed by atoms with Gasteiger partial charge in [-0.25, -0.2) is 8.42 Å². The maximum absolute atomic E-state index is 12.9. The molecule has 1 N–H and O–H groups in total. The van der Waals surface area contributed by atoms with Crippen LogP contribution in [0, 0.1) is 6.92 Å². The third-order valence-electron chi connectivity index (χ3n) is 4.31. The number of aryl methyl sites for hydroxylation is 1. The first-order chi connectivity index (χ1) is 13.3. The molecular weight excluding hydrogens is 440 g/mol. The van der Waals surface area contributed by atoms with Gasteiger partial charge in [0.15, 0.2) is 0 Å². The van der Waals surface area contributed by atoms with Crippen molar-refractivity contribution in [1.29, 1.82) is 0 Å². The Labute approximate surface area is 173 Å². The SMILES string of the molecule is Cc1cc(Br)ccc1NC(=O)c1cccc(S(=O)(=O)N(C)c2ccccc2)c1. The molecule has 0 atom stereocenters. The fraction of sp³-hybridized carbons (Fsp3) is 0.0952. The van der Waals surface area contributed by atoms with Crippen LogP contribution >= 0.6 is 15.9 Å². The molecule has 0 saturated carbocycles. The summed E-state index contributed by atoms with van der Waals surface area (Å²) in [6, 6.07) is 20.3. The van der Waals surface area contributed by atoms with Gasteiger partial charge in [-0.1, -0.05) is 40.2 Å². The molecule has 144 valence electrons. The summed E-state index contributed by atoms with van der Waals surface area (Å²) in [7, 11) is -2.30. The molecule has 0 aliphatic rings. The van der Waals surface area contributed by atoms with E-state index in [0.29, 0.717) is 11.4 Å². The van der Waals surface area contributed by atoms with Crippen LogP contribution < -0.4 is 9.62 Å². The normalized spacial score (nSPS) is 11.1. The Morgan fingerprint density at radius 3 is 2.36 bits per heavy atom. The Hall–Kier alpha value is -2.64. The van der Waals surface area contributed by atoms with Crippen LogP contribution in [-0.2, 0) is 10.0 Å². The Morgan fingerprint density at radius 1 is 0.964 bits per heavy atom. The van der Waals surface area contributed by atoms with Crippen molar-refractivity contribution in [2.45, 2.75) is 11.8 Å². The number of hydrogen-bond donors (Lipinski definition) is 1. The quantitative estimate of drug-likeness (QED) is 0.594. The van der Waals surface area contributed by atoms with Gasteiger partial charge in [-0.15, -0.1) is 0 Å². The van der Waals surface area contributed by atoms with Crippen molar-refractivity contribution in [3.63, 3.8) is 0 Å². The molecular formula is C21H19BrN2O3S. The van der Waals surface area contributed by atoms with Crippen molar-refractivity contribution in [1.82, 2.24) is 0 Å². The minimum absolute atomic E-state index is 0.0547. The zero-order valence-electron chi connectivity index (χ0n) is 15.4. The molecule has 0 fully saturated rings. The molecule has 0 unspecified atom stereocenters. The third kappa shape index (κ3) is 4.26. The van der Waals surface area contributed by atoms with E-state index >= 15 is 0 Å². The first-order valence-electron chi connectivity index (χ1n) is 8.50. The summed E-state index contributed by atoms with van der Waals surface area (Å²) in [5, 5.41) is 2.83. The second-order valence-electron chi connectivity index (χ2n) is 6.25. The highest BCUT2D eigenvalue weighted by molar-refractivity contribution is 9.10. The minimum atomic E-state index is -3.79. The summed E-state index contributed by atoms with van der Waals surface area (Å²) in [6.07, 6.45) is 0. The van der Waals surface area contributed by atoms with Crippen LogP contribution in [0.2, 0.25) is 0 Å². The highest BCUT2D eigenvalue weighted by Crippen LogP contribution is 2.24. The Balaban J connectivity index is 1.88. The second kappa shape index (κ2) is 8.16. The highest BCUT2D eigenvalue weighted by Gasteiger charge is 2.22. The smallest absolute Gasteiger partial charge is 0.264 e. The molecule has 7 heteroatoms. The lowest BCUT2D eigenvalue weighted by atomic mass is 10.1. The molecule has 1 amide bonds. The van der Waals surface area contributed by atoms with Crippen LogP contribution in [0.5, 0.6) is 0 Å². The maximum Gasteiger partial charge on any atom is 0.264 e. The first kappa shape index (κ1) is 20.1. The predicted octanol–water partition coefficient (Wildman–Crippen LogP) is 4.83. The average Bonchev–Trinajstić information content (AvgIpc) is 2.70. The third-order valence-corrected chi connectivity index (χ3v) is 6.59. The molecule has 0 aliphatic heterocycles. The molecule has 0 saturated heterocycles. The van der Waals surface area contributed by atoms with E-state index in [9.17, 15) is 13.2 Å². The number of halogens is 1. The van der Waals surface area contributed by atoms with E-state index in [2.05, 4.69) is 21.2 Å². The lowest BCUT2D eigenvalue weighted by molar-refractivity contribution is 0.102. The van der Waals surface area contributed by atoms with Gasteiger partial charge in [-0.05, 0) is 61.0 Å². The van der Waals surface area contributed by atoms with E-state index in [1.54, 1.807) is 42.5 Å². The van der Waals surface area contributed by atoms with E-state index < -0.39 is 10.0 Å². The van der Waals surface area contributed by atoms with E-state index in [4.69, 9.17) is 0 Å². The molecule has 5 nitrogen and oxygen atoms in total. The number of anilines is 2. The fourth-order valence-corrected chi connectivity index (χ4v) is 4.41. The monoisotopic (exact) mass is 458 g/mol. The fourth-order valence-electron chi connectivity index (χ4n) is 2.69. The summed E-state index contributed by atoms with van der Waals surface area (Å²) in [5.41, 5.74) is 2.38. The number of sulfonamides is 1. The molecule has 0 bridgehead atoms. The van der Waals surface area contributed by atoms with Crippen LogP contribution in [0.15, 0.2) is 82.2 Å². The van der Waals surface area contributed by atoms with Gasteiger partial charge in [-0.3, -0.25) is 9.10 Å². The van der Waals surface area contributed by atoms with Crippen molar-refractivity contribution in [3.8, 4) is 0 Å². The average molecular weight is 459 g/mol. The molecule has 3 aromatic rings. The number of carbonyl (C=O) groups is 1. The van der Waals surface area contributed by atoms with Gasteiger partial charge in [-0.2, -0.15) is 0 Å². The maximum atomic E-state index is 12.9. The van der Waals surface area contributed by atoms with Gasteiger partial charge < -0.3 is 5.32 Å². The van der Waals surface area contributed by atoms with E-state index in [1.165, 1.54) is 23.5 Å². The largest absolute Gasteiger partial charge is 0.322 e. The van der Waals surface area contributed by atoms with Gasteiger partial charge in [0.2, 0.25) is 0 Å².